The number of rotatable bonds is 0. The van der Waals surface area contributed by atoms with Gasteiger partial charge in [-0.15, -0.1) is 0 Å². The predicted octanol–water partition coefficient (Wildman–Crippen LogP) is 2.46. The highest BCUT2D eigenvalue weighted by Crippen LogP contribution is 2.40. The fourth-order valence-electron chi connectivity index (χ4n) is 2.55. The number of para-hydroxylation sites is 1. The van der Waals surface area contributed by atoms with Crippen LogP contribution in [-0.4, -0.2) is 36.4 Å². The zero-order valence-corrected chi connectivity index (χ0v) is 11.9. The largest absolute Gasteiger partial charge is 0.490 e. The summed E-state index contributed by atoms with van der Waals surface area (Å²) >= 11 is 0. The van der Waals surface area contributed by atoms with Gasteiger partial charge in [0.25, 0.3) is 0 Å². The lowest BCUT2D eigenvalue weighted by Crippen LogP contribution is -2.49. The van der Waals surface area contributed by atoms with Crippen LogP contribution in [0.4, 0.5) is 23.7 Å². The van der Waals surface area contributed by atoms with Gasteiger partial charge < -0.3 is 15.2 Å². The number of carboxylic acids is 1. The molecule has 1 fully saturated rings. The van der Waals surface area contributed by atoms with Gasteiger partial charge in [-0.1, -0.05) is 18.2 Å². The third-order valence-corrected chi connectivity index (χ3v) is 3.53. The Balaban J connectivity index is 0.000000236. The Bertz CT molecular complexity index is 598. The van der Waals surface area contributed by atoms with Gasteiger partial charge in [0.05, 0.1) is 5.69 Å². The number of piperidine rings is 1. The van der Waals surface area contributed by atoms with Crippen molar-refractivity contribution in [2.24, 2.45) is 0 Å². The molecule has 23 heavy (non-hydrogen) atoms. The average Bonchev–Trinajstić information content (AvgIpc) is 2.47. The number of alkyl halides is 3. The molecule has 0 aromatic heterocycles. The molecule has 1 unspecified atom stereocenters. The number of fused-ring (bicyclic) bond motifs is 2. The van der Waals surface area contributed by atoms with Crippen molar-refractivity contribution in [3.63, 3.8) is 0 Å². The maximum absolute atomic E-state index is 11.5. The number of carbonyl (C=O) groups is 2. The summed E-state index contributed by atoms with van der Waals surface area (Å²) in [5.74, 6) is -2.76. The predicted molar refractivity (Wildman–Crippen MR) is 74.0 cm³/mol. The molecule has 0 bridgehead atoms. The number of hydrogen-bond acceptors (Lipinski definition) is 4. The molecule has 2 aliphatic heterocycles. The van der Waals surface area contributed by atoms with Gasteiger partial charge in [-0.05, 0) is 25.5 Å². The van der Waals surface area contributed by atoms with E-state index in [0.29, 0.717) is 6.54 Å². The van der Waals surface area contributed by atoms with Crippen LogP contribution in [0.1, 0.15) is 18.4 Å². The molecule has 1 aromatic carbocycles. The summed E-state index contributed by atoms with van der Waals surface area (Å²) < 4.78 is 37.3. The first-order valence-electron chi connectivity index (χ1n) is 6.85. The van der Waals surface area contributed by atoms with Crippen LogP contribution < -0.4 is 10.6 Å². The van der Waals surface area contributed by atoms with E-state index in [9.17, 15) is 18.0 Å². The summed E-state index contributed by atoms with van der Waals surface area (Å²) in [7, 11) is 0. The van der Waals surface area contributed by atoms with E-state index in [1.54, 1.807) is 0 Å². The summed E-state index contributed by atoms with van der Waals surface area (Å²) in [6, 6.07) is 7.86. The number of hydrogen-bond donors (Lipinski definition) is 3. The second-order valence-electron chi connectivity index (χ2n) is 5.14. The standard InChI is InChI=1S/C12H14N2O2.C2HF3O2/c15-11-14-10-5-2-1-4-9(10)12(16-11)6-3-7-13-8-12;3-2(4,5)1(6)7/h1-2,4-5,13H,3,6-8H2,(H,14,15);(H,6,7). The zero-order valence-electron chi connectivity index (χ0n) is 11.9. The van der Waals surface area contributed by atoms with Gasteiger partial charge in [0, 0.05) is 12.1 Å². The third-order valence-electron chi connectivity index (χ3n) is 3.53. The topological polar surface area (TPSA) is 87.7 Å². The highest BCUT2D eigenvalue weighted by Gasteiger charge is 2.42. The maximum Gasteiger partial charge on any atom is 0.490 e. The minimum atomic E-state index is -5.08. The van der Waals surface area contributed by atoms with Crippen molar-refractivity contribution in [3.05, 3.63) is 29.8 Å². The molecule has 3 rings (SSSR count). The van der Waals surface area contributed by atoms with Crippen molar-refractivity contribution < 1.29 is 32.6 Å². The van der Waals surface area contributed by atoms with Crippen molar-refractivity contribution in [1.82, 2.24) is 5.32 Å². The average molecular weight is 332 g/mol. The van der Waals surface area contributed by atoms with E-state index in [2.05, 4.69) is 10.6 Å². The van der Waals surface area contributed by atoms with Crippen molar-refractivity contribution >= 4 is 17.7 Å². The van der Waals surface area contributed by atoms with Crippen LogP contribution in [0.3, 0.4) is 0 Å². The van der Waals surface area contributed by atoms with Crippen LogP contribution >= 0.6 is 0 Å². The summed E-state index contributed by atoms with van der Waals surface area (Å²) in [5, 5.41) is 13.2. The monoisotopic (exact) mass is 332 g/mol. The molecular formula is C14H15F3N2O4. The van der Waals surface area contributed by atoms with E-state index in [1.165, 1.54) is 0 Å². The van der Waals surface area contributed by atoms with E-state index in [1.807, 2.05) is 24.3 Å². The van der Waals surface area contributed by atoms with E-state index >= 15 is 0 Å². The number of halogens is 3. The fraction of sp³-hybridized carbons (Fsp3) is 0.429. The van der Waals surface area contributed by atoms with Crippen molar-refractivity contribution in [2.45, 2.75) is 24.6 Å². The van der Waals surface area contributed by atoms with Crippen molar-refractivity contribution in [1.29, 1.82) is 0 Å². The quantitative estimate of drug-likeness (QED) is 0.679. The molecule has 1 amide bonds. The van der Waals surface area contributed by atoms with Crippen molar-refractivity contribution in [3.8, 4) is 0 Å². The first kappa shape index (κ1) is 17.1. The van der Waals surface area contributed by atoms with E-state index in [0.717, 1.165) is 30.6 Å². The number of benzene rings is 1. The number of carbonyl (C=O) groups excluding carboxylic acids is 1. The Kier molecular flexibility index (Phi) is 4.79. The number of anilines is 1. The summed E-state index contributed by atoms with van der Waals surface area (Å²) in [4.78, 5) is 20.4. The number of amides is 1. The van der Waals surface area contributed by atoms with Gasteiger partial charge in [0.1, 0.15) is 0 Å². The fourth-order valence-corrected chi connectivity index (χ4v) is 2.55. The van der Waals surface area contributed by atoms with Gasteiger partial charge >= 0.3 is 18.2 Å². The first-order chi connectivity index (χ1) is 10.7. The molecule has 0 radical (unpaired) electrons. The Morgan fingerprint density at radius 1 is 1.30 bits per heavy atom. The number of nitrogens with one attached hydrogen (secondary N) is 2. The highest BCUT2D eigenvalue weighted by molar-refractivity contribution is 5.88. The first-order valence-corrected chi connectivity index (χ1v) is 6.85. The normalized spacial score (nSPS) is 23.0. The molecule has 3 N–H and O–H groups in total. The lowest BCUT2D eigenvalue weighted by Gasteiger charge is -2.41. The molecule has 2 aliphatic rings. The van der Waals surface area contributed by atoms with Gasteiger partial charge in [-0.25, -0.2) is 9.59 Å². The second kappa shape index (κ2) is 6.45. The molecule has 1 saturated heterocycles. The van der Waals surface area contributed by atoms with Crippen LogP contribution in [0.5, 0.6) is 0 Å². The Morgan fingerprint density at radius 3 is 2.52 bits per heavy atom. The summed E-state index contributed by atoms with van der Waals surface area (Å²) in [6.45, 7) is 1.70. The van der Waals surface area contributed by atoms with Gasteiger partial charge in [0.15, 0.2) is 5.60 Å². The molecule has 2 heterocycles. The van der Waals surface area contributed by atoms with Crippen LogP contribution in [0.15, 0.2) is 24.3 Å². The minimum absolute atomic E-state index is 0.345. The van der Waals surface area contributed by atoms with E-state index < -0.39 is 17.7 Å². The lowest BCUT2D eigenvalue weighted by atomic mass is 9.84. The van der Waals surface area contributed by atoms with Crippen LogP contribution in [0, 0.1) is 0 Å². The molecule has 6 nitrogen and oxygen atoms in total. The van der Waals surface area contributed by atoms with Gasteiger partial charge in [0.2, 0.25) is 0 Å². The Hall–Kier alpha value is -2.29. The number of carboxylic acid groups (broad SMARTS) is 1. The SMILES string of the molecule is O=C(O)C(F)(F)F.O=C1Nc2ccccc2C2(CCCNC2)O1. The number of aliphatic carboxylic acids is 1. The van der Waals surface area contributed by atoms with E-state index in [4.69, 9.17) is 14.6 Å². The summed E-state index contributed by atoms with van der Waals surface area (Å²) in [6.07, 6.45) is -3.51. The van der Waals surface area contributed by atoms with E-state index in [-0.39, 0.29) is 6.09 Å². The van der Waals surface area contributed by atoms with Crippen molar-refractivity contribution in [2.75, 3.05) is 18.4 Å². The molecule has 1 aromatic rings. The van der Waals surface area contributed by atoms with Gasteiger partial charge in [-0.3, -0.25) is 5.32 Å². The number of ether oxygens (including phenoxy) is 1. The molecule has 1 spiro atoms. The summed E-state index contributed by atoms with van der Waals surface area (Å²) in [5.41, 5.74) is 1.50. The molecule has 1 atom stereocenters. The second-order valence-corrected chi connectivity index (χ2v) is 5.14. The maximum atomic E-state index is 11.5. The Morgan fingerprint density at radius 2 is 1.96 bits per heavy atom. The lowest BCUT2D eigenvalue weighted by molar-refractivity contribution is -0.192. The van der Waals surface area contributed by atoms with Crippen LogP contribution in [-0.2, 0) is 15.1 Å². The minimum Gasteiger partial charge on any atom is -0.475 e. The smallest absolute Gasteiger partial charge is 0.475 e. The van der Waals surface area contributed by atoms with Crippen LogP contribution in [0.25, 0.3) is 0 Å². The molecule has 126 valence electrons. The molecule has 9 heteroatoms. The van der Waals surface area contributed by atoms with Gasteiger partial charge in [-0.2, -0.15) is 13.2 Å². The molecular weight excluding hydrogens is 317 g/mol. The Labute approximate surface area is 129 Å². The molecule has 0 aliphatic carbocycles. The molecule has 0 saturated carbocycles. The van der Waals surface area contributed by atoms with Crippen LogP contribution in [0.2, 0.25) is 0 Å². The highest BCUT2D eigenvalue weighted by atomic mass is 19.4. The zero-order chi connectivity index (χ0) is 17.1. The third kappa shape index (κ3) is 3.92.